The van der Waals surface area contributed by atoms with E-state index in [-0.39, 0.29) is 22.8 Å². The summed E-state index contributed by atoms with van der Waals surface area (Å²) in [6.07, 6.45) is 0.538. The van der Waals surface area contributed by atoms with Crippen LogP contribution in [0.1, 0.15) is 23.6 Å². The summed E-state index contributed by atoms with van der Waals surface area (Å²) < 4.78 is 32.3. The van der Waals surface area contributed by atoms with E-state index in [0.29, 0.717) is 17.7 Å². The number of nitrogens with zero attached hydrogens (tertiary/aromatic N) is 1. The van der Waals surface area contributed by atoms with Gasteiger partial charge in [0.05, 0.1) is 5.02 Å². The summed E-state index contributed by atoms with van der Waals surface area (Å²) in [6, 6.07) is 16.7. The number of amides is 1. The summed E-state index contributed by atoms with van der Waals surface area (Å²) in [5.41, 5.74) is 4.00. The van der Waals surface area contributed by atoms with Crippen molar-refractivity contribution in [2.45, 2.75) is 25.4 Å². The normalized spacial score (nSPS) is 19.0. The fourth-order valence-electron chi connectivity index (χ4n) is 3.67. The zero-order chi connectivity index (χ0) is 22.8. The number of carbonyl (C=O) groups excluding carboxylic acids is 1. The molecule has 1 fully saturated rings. The summed E-state index contributed by atoms with van der Waals surface area (Å²) in [6.45, 7) is 1.75. The average molecular weight is 474 g/mol. The number of rotatable bonds is 4. The average Bonchev–Trinajstić information content (AvgIpc) is 2.78. The van der Waals surface area contributed by atoms with Gasteiger partial charge in [0.25, 0.3) is 0 Å². The van der Waals surface area contributed by atoms with Crippen LogP contribution in [-0.2, 0) is 4.79 Å². The van der Waals surface area contributed by atoms with Gasteiger partial charge in [-0.25, -0.2) is 17.8 Å². The lowest BCUT2D eigenvalue weighted by Crippen LogP contribution is -2.46. The van der Waals surface area contributed by atoms with E-state index >= 15 is 0 Å². The SMILES string of the molecule is Cc1cc(-c2cccc(C3CC(C(=O)Nc4ccc(F)c(Cl)c4)N(C)SN3)c2)ccc1F. The number of hydrogen-bond donors (Lipinski definition) is 2. The lowest BCUT2D eigenvalue weighted by Gasteiger charge is -2.35. The molecular weight excluding hydrogens is 452 g/mol. The number of halogens is 3. The molecular formula is C24H22ClF2N3OS. The molecule has 0 aliphatic carbocycles. The number of nitrogens with one attached hydrogen (secondary N) is 2. The van der Waals surface area contributed by atoms with Gasteiger partial charge >= 0.3 is 0 Å². The van der Waals surface area contributed by atoms with Crippen LogP contribution in [0.25, 0.3) is 11.1 Å². The molecule has 2 N–H and O–H groups in total. The fourth-order valence-corrected chi connectivity index (χ4v) is 4.68. The molecule has 3 aromatic rings. The highest BCUT2D eigenvalue weighted by Gasteiger charge is 2.33. The molecule has 1 heterocycles. The minimum absolute atomic E-state index is 0.0402. The predicted octanol–water partition coefficient (Wildman–Crippen LogP) is 6.13. The third kappa shape index (κ3) is 4.96. The Morgan fingerprint density at radius 2 is 1.84 bits per heavy atom. The molecule has 3 aromatic carbocycles. The van der Waals surface area contributed by atoms with Crippen molar-refractivity contribution in [1.29, 1.82) is 0 Å². The van der Waals surface area contributed by atoms with Crippen LogP contribution >= 0.6 is 23.7 Å². The van der Waals surface area contributed by atoms with Crippen LogP contribution in [0.15, 0.2) is 60.7 Å². The van der Waals surface area contributed by atoms with Crippen molar-refractivity contribution >= 4 is 35.3 Å². The molecule has 32 heavy (non-hydrogen) atoms. The van der Waals surface area contributed by atoms with Gasteiger partial charge in [-0.15, -0.1) is 0 Å². The lowest BCUT2D eigenvalue weighted by molar-refractivity contribution is -0.119. The number of hydrogen-bond acceptors (Lipinski definition) is 4. The molecule has 1 saturated heterocycles. The quantitative estimate of drug-likeness (QED) is 0.447. The van der Waals surface area contributed by atoms with E-state index in [2.05, 4.69) is 16.1 Å². The van der Waals surface area contributed by atoms with Crippen LogP contribution in [0, 0.1) is 18.6 Å². The molecule has 0 radical (unpaired) electrons. The van der Waals surface area contributed by atoms with Gasteiger partial charge in [0.15, 0.2) is 0 Å². The Hall–Kier alpha value is -2.45. The molecule has 166 valence electrons. The maximum absolute atomic E-state index is 13.7. The highest BCUT2D eigenvalue weighted by Crippen LogP contribution is 2.33. The Morgan fingerprint density at radius 3 is 2.59 bits per heavy atom. The second-order valence-electron chi connectivity index (χ2n) is 7.77. The Balaban J connectivity index is 1.52. The van der Waals surface area contributed by atoms with Crippen LogP contribution in [0.2, 0.25) is 5.02 Å². The second kappa shape index (κ2) is 9.58. The lowest BCUT2D eigenvalue weighted by atomic mass is 9.95. The van der Waals surface area contributed by atoms with E-state index < -0.39 is 11.9 Å². The third-order valence-corrected chi connectivity index (χ3v) is 6.73. The summed E-state index contributed by atoms with van der Waals surface area (Å²) in [4.78, 5) is 12.9. The molecule has 4 nitrogen and oxygen atoms in total. The molecule has 2 atom stereocenters. The maximum Gasteiger partial charge on any atom is 0.242 e. The van der Waals surface area contributed by atoms with E-state index in [1.165, 1.54) is 36.4 Å². The van der Waals surface area contributed by atoms with Gasteiger partial charge in [0.1, 0.15) is 17.7 Å². The highest BCUT2D eigenvalue weighted by atomic mass is 35.5. The maximum atomic E-state index is 13.7. The first-order valence-electron chi connectivity index (χ1n) is 10.1. The monoisotopic (exact) mass is 473 g/mol. The zero-order valence-corrected chi connectivity index (χ0v) is 19.1. The topological polar surface area (TPSA) is 44.4 Å². The number of benzene rings is 3. The highest BCUT2D eigenvalue weighted by molar-refractivity contribution is 7.95. The van der Waals surface area contributed by atoms with Gasteiger partial charge in [-0.05, 0) is 79.0 Å². The Kier molecular flexibility index (Phi) is 6.81. The molecule has 1 aliphatic heterocycles. The molecule has 0 saturated carbocycles. The first-order valence-corrected chi connectivity index (χ1v) is 11.2. The summed E-state index contributed by atoms with van der Waals surface area (Å²) in [5.74, 6) is -0.954. The molecule has 0 aromatic heterocycles. The fraction of sp³-hybridized carbons (Fsp3) is 0.208. The number of likely N-dealkylation sites (N-methyl/N-ethyl adjacent to an activating group) is 1. The number of anilines is 1. The molecule has 0 bridgehead atoms. The Bertz CT molecular complexity index is 1160. The molecule has 4 rings (SSSR count). The Labute approximate surface area is 195 Å². The minimum Gasteiger partial charge on any atom is -0.325 e. The number of carbonyl (C=O) groups is 1. The van der Waals surface area contributed by atoms with E-state index in [1.54, 1.807) is 13.0 Å². The largest absolute Gasteiger partial charge is 0.325 e. The Morgan fingerprint density at radius 1 is 1.09 bits per heavy atom. The standard InChI is InChI=1S/C24H22ClF2N3OS/c1-14-10-16(6-8-20(14)26)15-4-3-5-17(11-15)22-13-23(30(2)32-29-22)24(31)28-18-7-9-21(27)19(25)12-18/h3-12,22-23,29H,13H2,1-2H3,(H,28,31). The molecule has 1 aliphatic rings. The van der Waals surface area contributed by atoms with Crippen LogP contribution in [0.3, 0.4) is 0 Å². The van der Waals surface area contributed by atoms with E-state index in [4.69, 9.17) is 11.6 Å². The van der Waals surface area contributed by atoms with Crippen LogP contribution in [0.5, 0.6) is 0 Å². The smallest absolute Gasteiger partial charge is 0.242 e. The first-order chi connectivity index (χ1) is 15.3. The van der Waals surface area contributed by atoms with Crippen LogP contribution < -0.4 is 10.0 Å². The van der Waals surface area contributed by atoms with Crippen molar-refractivity contribution in [3.63, 3.8) is 0 Å². The first kappa shape index (κ1) is 22.7. The summed E-state index contributed by atoms with van der Waals surface area (Å²) in [7, 11) is 1.84. The van der Waals surface area contributed by atoms with Crippen molar-refractivity contribution in [1.82, 2.24) is 9.03 Å². The molecule has 0 spiro atoms. The zero-order valence-electron chi connectivity index (χ0n) is 17.5. The van der Waals surface area contributed by atoms with Gasteiger partial charge < -0.3 is 5.32 Å². The molecule has 1 amide bonds. The third-order valence-electron chi connectivity index (χ3n) is 5.51. The van der Waals surface area contributed by atoms with E-state index in [0.717, 1.165) is 16.7 Å². The summed E-state index contributed by atoms with van der Waals surface area (Å²) in [5, 5.41) is 2.78. The van der Waals surface area contributed by atoms with Crippen molar-refractivity contribution in [2.75, 3.05) is 12.4 Å². The minimum atomic E-state index is -0.532. The van der Waals surface area contributed by atoms with Gasteiger partial charge in [0.2, 0.25) is 5.91 Å². The molecule has 8 heteroatoms. The number of aryl methyl sites for hydroxylation is 1. The summed E-state index contributed by atoms with van der Waals surface area (Å²) >= 11 is 7.19. The molecule has 2 unspecified atom stereocenters. The van der Waals surface area contributed by atoms with Crippen LogP contribution in [-0.4, -0.2) is 23.3 Å². The van der Waals surface area contributed by atoms with Crippen molar-refractivity contribution in [3.8, 4) is 11.1 Å². The van der Waals surface area contributed by atoms with E-state index in [1.807, 2.05) is 35.6 Å². The van der Waals surface area contributed by atoms with Gasteiger partial charge in [-0.3, -0.25) is 4.79 Å². The van der Waals surface area contributed by atoms with Gasteiger partial charge in [-0.1, -0.05) is 35.9 Å². The van der Waals surface area contributed by atoms with Crippen molar-refractivity contribution in [2.24, 2.45) is 0 Å². The van der Waals surface area contributed by atoms with Gasteiger partial charge in [-0.2, -0.15) is 0 Å². The van der Waals surface area contributed by atoms with E-state index in [9.17, 15) is 13.6 Å². The van der Waals surface area contributed by atoms with Crippen LogP contribution in [0.4, 0.5) is 14.5 Å². The van der Waals surface area contributed by atoms with Gasteiger partial charge in [0, 0.05) is 23.9 Å². The van der Waals surface area contributed by atoms with Crippen molar-refractivity contribution < 1.29 is 13.6 Å². The second-order valence-corrected chi connectivity index (χ2v) is 9.17. The predicted molar refractivity (Wildman–Crippen MR) is 126 cm³/mol. The van der Waals surface area contributed by atoms with Crippen molar-refractivity contribution in [3.05, 3.63) is 88.4 Å².